The molecular formula is C17H25BrClNO. The van der Waals surface area contributed by atoms with E-state index in [4.69, 9.17) is 16.3 Å². The lowest BCUT2D eigenvalue weighted by molar-refractivity contribution is 0.101. The van der Waals surface area contributed by atoms with Gasteiger partial charge in [-0.2, -0.15) is 0 Å². The van der Waals surface area contributed by atoms with E-state index in [1.807, 2.05) is 12.1 Å². The minimum Gasteiger partial charge on any atom is -0.378 e. The van der Waals surface area contributed by atoms with Crippen molar-refractivity contribution in [3.63, 3.8) is 0 Å². The number of hydrogen-bond acceptors (Lipinski definition) is 2. The predicted molar refractivity (Wildman–Crippen MR) is 93.0 cm³/mol. The van der Waals surface area contributed by atoms with E-state index in [-0.39, 0.29) is 0 Å². The van der Waals surface area contributed by atoms with Crippen LogP contribution in [0.15, 0.2) is 22.7 Å². The highest BCUT2D eigenvalue weighted by Crippen LogP contribution is 2.30. The minimum atomic E-state index is 0.387. The van der Waals surface area contributed by atoms with Crippen molar-refractivity contribution < 1.29 is 4.74 Å². The number of benzene rings is 1. The molecule has 2 nitrogen and oxygen atoms in total. The van der Waals surface area contributed by atoms with Gasteiger partial charge in [0.2, 0.25) is 0 Å². The summed E-state index contributed by atoms with van der Waals surface area (Å²) in [7, 11) is 0. The molecule has 0 amide bonds. The molecule has 0 saturated carbocycles. The molecule has 21 heavy (non-hydrogen) atoms. The first-order valence-corrected chi connectivity index (χ1v) is 9.17. The summed E-state index contributed by atoms with van der Waals surface area (Å²) in [5.74, 6) is 0. The Kier molecular flexibility index (Phi) is 7.51. The van der Waals surface area contributed by atoms with Crippen LogP contribution in [0.5, 0.6) is 0 Å². The van der Waals surface area contributed by atoms with Crippen LogP contribution in [-0.2, 0) is 4.74 Å². The molecule has 1 N–H and O–H groups in total. The summed E-state index contributed by atoms with van der Waals surface area (Å²) in [4.78, 5) is 0. The van der Waals surface area contributed by atoms with E-state index < -0.39 is 0 Å². The lowest BCUT2D eigenvalue weighted by atomic mass is 9.99. The van der Waals surface area contributed by atoms with E-state index in [0.29, 0.717) is 12.1 Å². The number of halogens is 2. The minimum absolute atomic E-state index is 0.387. The van der Waals surface area contributed by atoms with E-state index in [2.05, 4.69) is 34.2 Å². The van der Waals surface area contributed by atoms with Crippen LogP contribution < -0.4 is 5.32 Å². The van der Waals surface area contributed by atoms with Crippen LogP contribution in [0.1, 0.15) is 57.1 Å². The Labute approximate surface area is 141 Å². The van der Waals surface area contributed by atoms with Crippen LogP contribution in [0.2, 0.25) is 5.02 Å². The van der Waals surface area contributed by atoms with Crippen LogP contribution >= 0.6 is 27.5 Å². The highest BCUT2D eigenvalue weighted by atomic mass is 79.9. The molecule has 2 rings (SSSR count). The van der Waals surface area contributed by atoms with E-state index in [0.717, 1.165) is 35.5 Å². The maximum atomic E-state index is 6.05. The first kappa shape index (κ1) is 17.3. The molecule has 1 aliphatic rings. The van der Waals surface area contributed by atoms with Crippen molar-refractivity contribution in [1.29, 1.82) is 0 Å². The topological polar surface area (TPSA) is 21.3 Å². The van der Waals surface area contributed by atoms with Gasteiger partial charge >= 0.3 is 0 Å². The predicted octanol–water partition coefficient (Wildman–Crippen LogP) is 5.49. The van der Waals surface area contributed by atoms with E-state index in [1.54, 1.807) is 0 Å². The van der Waals surface area contributed by atoms with Crippen molar-refractivity contribution >= 4 is 27.5 Å². The van der Waals surface area contributed by atoms with Gasteiger partial charge in [-0.3, -0.25) is 0 Å². The molecule has 1 aromatic rings. The lowest BCUT2D eigenvalue weighted by Gasteiger charge is -2.21. The summed E-state index contributed by atoms with van der Waals surface area (Å²) in [6.07, 6.45) is 7.61. The molecule has 2 unspecified atom stereocenters. The molecule has 0 aromatic heterocycles. The molecule has 0 bridgehead atoms. The standard InChI is InChI=1S/C17H25BrClNO/c1-2-10-20-17(7-3-5-14-6-4-11-21-14)15-9-8-13(19)12-16(15)18/h8-9,12,14,17,20H,2-7,10-11H2,1H3. The van der Waals surface area contributed by atoms with Crippen molar-refractivity contribution in [1.82, 2.24) is 5.32 Å². The van der Waals surface area contributed by atoms with Gasteiger partial charge in [-0.05, 0) is 62.8 Å². The van der Waals surface area contributed by atoms with Crippen molar-refractivity contribution in [2.45, 2.75) is 57.6 Å². The Hall–Kier alpha value is -0.0900. The Morgan fingerprint density at radius 1 is 1.48 bits per heavy atom. The van der Waals surface area contributed by atoms with Crippen molar-refractivity contribution in [3.05, 3.63) is 33.3 Å². The summed E-state index contributed by atoms with van der Waals surface area (Å²) >= 11 is 9.70. The zero-order chi connectivity index (χ0) is 15.1. The third kappa shape index (κ3) is 5.55. The summed E-state index contributed by atoms with van der Waals surface area (Å²) in [6.45, 7) is 4.19. The first-order valence-electron chi connectivity index (χ1n) is 8.00. The molecule has 2 atom stereocenters. The molecule has 1 fully saturated rings. The number of nitrogens with one attached hydrogen (secondary N) is 1. The zero-order valence-electron chi connectivity index (χ0n) is 12.7. The van der Waals surface area contributed by atoms with Gasteiger partial charge in [0.1, 0.15) is 0 Å². The highest BCUT2D eigenvalue weighted by molar-refractivity contribution is 9.10. The average molecular weight is 375 g/mol. The van der Waals surface area contributed by atoms with Gasteiger partial charge < -0.3 is 10.1 Å². The quantitative estimate of drug-likeness (QED) is 0.649. The summed E-state index contributed by atoms with van der Waals surface area (Å²) in [6, 6.07) is 6.48. The maximum Gasteiger partial charge on any atom is 0.0576 e. The SMILES string of the molecule is CCCNC(CCCC1CCCO1)c1ccc(Cl)cc1Br. The van der Waals surface area contributed by atoms with Crippen LogP contribution in [0.3, 0.4) is 0 Å². The second-order valence-corrected chi connectivity index (χ2v) is 7.03. The van der Waals surface area contributed by atoms with Crippen molar-refractivity contribution in [2.75, 3.05) is 13.2 Å². The van der Waals surface area contributed by atoms with E-state index >= 15 is 0 Å². The molecule has 118 valence electrons. The summed E-state index contributed by atoms with van der Waals surface area (Å²) < 4.78 is 6.81. The molecule has 4 heteroatoms. The van der Waals surface area contributed by atoms with Gasteiger partial charge in [0.25, 0.3) is 0 Å². The molecule has 0 aliphatic carbocycles. The molecule has 0 radical (unpaired) electrons. The fourth-order valence-electron chi connectivity index (χ4n) is 2.89. The third-order valence-corrected chi connectivity index (χ3v) is 4.94. The van der Waals surface area contributed by atoms with Crippen molar-refractivity contribution in [3.8, 4) is 0 Å². The van der Waals surface area contributed by atoms with Crippen molar-refractivity contribution in [2.24, 2.45) is 0 Å². The highest BCUT2D eigenvalue weighted by Gasteiger charge is 2.18. The fourth-order valence-corrected chi connectivity index (χ4v) is 3.85. The molecular weight excluding hydrogens is 350 g/mol. The Balaban J connectivity index is 1.92. The van der Waals surface area contributed by atoms with Gasteiger partial charge in [0.15, 0.2) is 0 Å². The third-order valence-electron chi connectivity index (χ3n) is 4.02. The van der Waals surface area contributed by atoms with Gasteiger partial charge in [0.05, 0.1) is 6.10 Å². The Bertz CT molecular complexity index is 435. The van der Waals surface area contributed by atoms with Crippen LogP contribution in [0.25, 0.3) is 0 Å². The van der Waals surface area contributed by atoms with E-state index in [9.17, 15) is 0 Å². The molecule has 0 spiro atoms. The van der Waals surface area contributed by atoms with Gasteiger partial charge in [-0.1, -0.05) is 40.5 Å². The van der Waals surface area contributed by atoms with Gasteiger partial charge in [-0.15, -0.1) is 0 Å². The monoisotopic (exact) mass is 373 g/mol. The average Bonchev–Trinajstić information content (AvgIpc) is 2.96. The smallest absolute Gasteiger partial charge is 0.0576 e. The number of rotatable bonds is 8. The Morgan fingerprint density at radius 2 is 2.33 bits per heavy atom. The zero-order valence-corrected chi connectivity index (χ0v) is 15.0. The lowest BCUT2D eigenvalue weighted by Crippen LogP contribution is -2.23. The number of ether oxygens (including phenoxy) is 1. The maximum absolute atomic E-state index is 6.05. The molecule has 1 aliphatic heterocycles. The van der Waals surface area contributed by atoms with Crippen LogP contribution in [-0.4, -0.2) is 19.3 Å². The number of hydrogen-bond donors (Lipinski definition) is 1. The largest absolute Gasteiger partial charge is 0.378 e. The normalized spacial score (nSPS) is 19.9. The second kappa shape index (κ2) is 9.14. The summed E-state index contributed by atoms with van der Waals surface area (Å²) in [5.41, 5.74) is 1.31. The molecule has 1 aromatic carbocycles. The second-order valence-electron chi connectivity index (χ2n) is 5.74. The van der Waals surface area contributed by atoms with Crippen LogP contribution in [0, 0.1) is 0 Å². The fraction of sp³-hybridized carbons (Fsp3) is 0.647. The van der Waals surface area contributed by atoms with E-state index in [1.165, 1.54) is 31.2 Å². The Morgan fingerprint density at radius 3 is 3.00 bits per heavy atom. The van der Waals surface area contributed by atoms with Crippen LogP contribution in [0.4, 0.5) is 0 Å². The molecule has 1 heterocycles. The first-order chi connectivity index (χ1) is 10.2. The van der Waals surface area contributed by atoms with Gasteiger partial charge in [-0.25, -0.2) is 0 Å². The molecule has 1 saturated heterocycles. The van der Waals surface area contributed by atoms with Gasteiger partial charge in [0, 0.05) is 22.1 Å². The summed E-state index contributed by atoms with van der Waals surface area (Å²) in [5, 5.41) is 4.43.